The van der Waals surface area contributed by atoms with Crippen molar-refractivity contribution in [3.05, 3.63) is 52.6 Å². The maximum atomic E-state index is 12.0. The number of nitrogens with one attached hydrogen (secondary N) is 1. The van der Waals surface area contributed by atoms with E-state index < -0.39 is 0 Å². The summed E-state index contributed by atoms with van der Waals surface area (Å²) >= 11 is 5.74. The Balaban J connectivity index is 2.10. The number of hydrogen-bond donors (Lipinski definition) is 2. The Morgan fingerprint density at radius 3 is 3.00 bits per heavy atom. The number of aryl methyl sites for hydroxylation is 1. The summed E-state index contributed by atoms with van der Waals surface area (Å²) in [5.41, 5.74) is 8.13. The van der Waals surface area contributed by atoms with Gasteiger partial charge in [0.25, 0.3) is 5.91 Å². The molecular formula is C13H13ClN4O. The predicted octanol–water partition coefficient (Wildman–Crippen LogP) is 1.95. The predicted molar refractivity (Wildman–Crippen MR) is 73.8 cm³/mol. The van der Waals surface area contributed by atoms with Gasteiger partial charge in [-0.05, 0) is 24.6 Å². The van der Waals surface area contributed by atoms with Crippen molar-refractivity contribution < 1.29 is 4.79 Å². The van der Waals surface area contributed by atoms with Crippen LogP contribution in [0.25, 0.3) is 0 Å². The maximum Gasteiger partial charge on any atom is 0.253 e. The number of anilines is 1. The van der Waals surface area contributed by atoms with Crippen molar-refractivity contribution in [2.24, 2.45) is 0 Å². The van der Waals surface area contributed by atoms with Gasteiger partial charge in [0.15, 0.2) is 0 Å². The van der Waals surface area contributed by atoms with E-state index in [2.05, 4.69) is 15.3 Å². The van der Waals surface area contributed by atoms with Crippen LogP contribution >= 0.6 is 11.6 Å². The lowest BCUT2D eigenvalue weighted by Gasteiger charge is -2.08. The number of amides is 1. The Kier molecular flexibility index (Phi) is 3.97. The highest BCUT2D eigenvalue weighted by molar-refractivity contribution is 6.29. The van der Waals surface area contributed by atoms with Crippen LogP contribution in [-0.4, -0.2) is 15.9 Å². The van der Waals surface area contributed by atoms with Crippen molar-refractivity contribution in [2.45, 2.75) is 13.5 Å². The third-order valence-corrected chi connectivity index (χ3v) is 2.89. The first-order valence-electron chi connectivity index (χ1n) is 5.67. The minimum Gasteiger partial charge on any atom is -0.397 e. The van der Waals surface area contributed by atoms with Crippen LogP contribution in [0.1, 0.15) is 21.6 Å². The number of aromatic nitrogens is 2. The molecule has 0 atom stereocenters. The standard InChI is InChI=1S/C13H13ClN4O/c1-8-3-2-4-16-11(8)7-18-13(19)9-5-12(14)17-6-10(9)15/h2-6H,7,15H2,1H3,(H,18,19). The summed E-state index contributed by atoms with van der Waals surface area (Å²) in [7, 11) is 0. The number of pyridine rings is 2. The van der Waals surface area contributed by atoms with Gasteiger partial charge in [-0.1, -0.05) is 17.7 Å². The van der Waals surface area contributed by atoms with E-state index in [4.69, 9.17) is 17.3 Å². The SMILES string of the molecule is Cc1cccnc1CNC(=O)c1cc(Cl)ncc1N. The summed E-state index contributed by atoms with van der Waals surface area (Å²) in [6.07, 6.45) is 3.05. The Labute approximate surface area is 115 Å². The molecule has 0 spiro atoms. The maximum absolute atomic E-state index is 12.0. The highest BCUT2D eigenvalue weighted by Crippen LogP contribution is 2.15. The molecule has 0 fully saturated rings. The zero-order valence-electron chi connectivity index (χ0n) is 10.4. The lowest BCUT2D eigenvalue weighted by Crippen LogP contribution is -2.24. The van der Waals surface area contributed by atoms with Gasteiger partial charge in [-0.2, -0.15) is 0 Å². The lowest BCUT2D eigenvalue weighted by atomic mass is 10.2. The summed E-state index contributed by atoms with van der Waals surface area (Å²) in [5, 5.41) is 2.99. The molecule has 0 aliphatic rings. The average molecular weight is 277 g/mol. The van der Waals surface area contributed by atoms with Crippen molar-refractivity contribution in [3.8, 4) is 0 Å². The highest BCUT2D eigenvalue weighted by atomic mass is 35.5. The number of nitrogen functional groups attached to an aromatic ring is 1. The Morgan fingerprint density at radius 2 is 2.26 bits per heavy atom. The number of halogens is 1. The molecule has 1 amide bonds. The van der Waals surface area contributed by atoms with Gasteiger partial charge in [0.1, 0.15) is 5.15 Å². The minimum absolute atomic E-state index is 0.230. The first-order chi connectivity index (χ1) is 9.08. The Hall–Kier alpha value is -2.14. The third kappa shape index (κ3) is 3.20. The summed E-state index contributed by atoms with van der Waals surface area (Å²) in [5.74, 6) is -0.299. The molecule has 2 rings (SSSR count). The zero-order valence-corrected chi connectivity index (χ0v) is 11.1. The molecule has 3 N–H and O–H groups in total. The quantitative estimate of drug-likeness (QED) is 0.840. The molecule has 0 unspecified atom stereocenters. The fraction of sp³-hybridized carbons (Fsp3) is 0.154. The molecule has 0 aliphatic carbocycles. The molecule has 0 bridgehead atoms. The van der Waals surface area contributed by atoms with Gasteiger partial charge < -0.3 is 11.1 Å². The second-order valence-electron chi connectivity index (χ2n) is 4.04. The molecule has 0 saturated heterocycles. The highest BCUT2D eigenvalue weighted by Gasteiger charge is 2.11. The minimum atomic E-state index is -0.299. The van der Waals surface area contributed by atoms with Crippen LogP contribution < -0.4 is 11.1 Å². The molecule has 0 aromatic carbocycles. The summed E-state index contributed by atoms with van der Waals surface area (Å²) in [4.78, 5) is 20.0. The largest absolute Gasteiger partial charge is 0.397 e. The fourth-order valence-corrected chi connectivity index (χ4v) is 1.76. The molecule has 0 radical (unpaired) electrons. The van der Waals surface area contributed by atoms with Gasteiger partial charge in [-0.25, -0.2) is 4.98 Å². The molecule has 2 aromatic rings. The molecule has 6 heteroatoms. The number of carbonyl (C=O) groups is 1. The van der Waals surface area contributed by atoms with Crippen LogP contribution in [-0.2, 0) is 6.54 Å². The van der Waals surface area contributed by atoms with Crippen LogP contribution in [0.2, 0.25) is 5.15 Å². The number of rotatable bonds is 3. The third-order valence-electron chi connectivity index (χ3n) is 2.68. The van der Waals surface area contributed by atoms with Crippen LogP contribution in [0.15, 0.2) is 30.6 Å². The van der Waals surface area contributed by atoms with Crippen LogP contribution in [0.5, 0.6) is 0 Å². The van der Waals surface area contributed by atoms with E-state index in [0.717, 1.165) is 11.3 Å². The van der Waals surface area contributed by atoms with Crippen molar-refractivity contribution in [1.82, 2.24) is 15.3 Å². The summed E-state index contributed by atoms with van der Waals surface area (Å²) in [6.45, 7) is 2.27. The van der Waals surface area contributed by atoms with Crippen molar-refractivity contribution >= 4 is 23.2 Å². The van der Waals surface area contributed by atoms with Gasteiger partial charge in [0.05, 0.1) is 29.7 Å². The van der Waals surface area contributed by atoms with Gasteiger partial charge in [-0.3, -0.25) is 9.78 Å². The van der Waals surface area contributed by atoms with E-state index in [9.17, 15) is 4.79 Å². The molecule has 2 aromatic heterocycles. The topological polar surface area (TPSA) is 80.9 Å². The van der Waals surface area contributed by atoms with Gasteiger partial charge in [-0.15, -0.1) is 0 Å². The zero-order chi connectivity index (χ0) is 13.8. The van der Waals surface area contributed by atoms with Crippen LogP contribution in [0.4, 0.5) is 5.69 Å². The Bertz CT molecular complexity index is 615. The summed E-state index contributed by atoms with van der Waals surface area (Å²) in [6, 6.07) is 5.23. The van der Waals surface area contributed by atoms with Gasteiger partial charge in [0, 0.05) is 6.20 Å². The van der Waals surface area contributed by atoms with Crippen molar-refractivity contribution in [1.29, 1.82) is 0 Å². The number of nitrogens with zero attached hydrogens (tertiary/aromatic N) is 2. The Morgan fingerprint density at radius 1 is 1.47 bits per heavy atom. The fourth-order valence-electron chi connectivity index (χ4n) is 1.60. The molecule has 19 heavy (non-hydrogen) atoms. The van der Waals surface area contributed by atoms with Crippen LogP contribution in [0.3, 0.4) is 0 Å². The van der Waals surface area contributed by atoms with Crippen molar-refractivity contribution in [2.75, 3.05) is 5.73 Å². The number of nitrogens with two attached hydrogens (primary N) is 1. The molecule has 5 nitrogen and oxygen atoms in total. The molecular weight excluding hydrogens is 264 g/mol. The second-order valence-corrected chi connectivity index (χ2v) is 4.43. The number of carbonyl (C=O) groups excluding carboxylic acids is 1. The second kappa shape index (κ2) is 5.67. The van der Waals surface area contributed by atoms with Gasteiger partial charge in [0.2, 0.25) is 0 Å². The molecule has 98 valence electrons. The molecule has 0 saturated carbocycles. The van der Waals surface area contributed by atoms with Crippen LogP contribution in [0, 0.1) is 6.92 Å². The van der Waals surface area contributed by atoms with E-state index in [1.54, 1.807) is 6.20 Å². The lowest BCUT2D eigenvalue weighted by molar-refractivity contribution is 0.0951. The van der Waals surface area contributed by atoms with E-state index in [-0.39, 0.29) is 11.1 Å². The first kappa shape index (κ1) is 13.3. The normalized spacial score (nSPS) is 10.2. The first-order valence-corrected chi connectivity index (χ1v) is 6.05. The van der Waals surface area contributed by atoms with E-state index in [0.29, 0.717) is 17.8 Å². The van der Waals surface area contributed by atoms with E-state index >= 15 is 0 Å². The molecule has 0 aliphatic heterocycles. The number of hydrogen-bond acceptors (Lipinski definition) is 4. The van der Waals surface area contributed by atoms with E-state index in [1.165, 1.54) is 12.3 Å². The summed E-state index contributed by atoms with van der Waals surface area (Å²) < 4.78 is 0. The van der Waals surface area contributed by atoms with E-state index in [1.807, 2.05) is 19.1 Å². The smallest absolute Gasteiger partial charge is 0.253 e. The average Bonchev–Trinajstić information content (AvgIpc) is 2.40. The van der Waals surface area contributed by atoms with Gasteiger partial charge >= 0.3 is 0 Å². The monoisotopic (exact) mass is 276 g/mol. The van der Waals surface area contributed by atoms with Crippen molar-refractivity contribution in [3.63, 3.8) is 0 Å². The molecule has 2 heterocycles.